The van der Waals surface area contributed by atoms with E-state index in [1.807, 2.05) is 40.8 Å². The summed E-state index contributed by atoms with van der Waals surface area (Å²) >= 11 is 0. The van der Waals surface area contributed by atoms with Gasteiger partial charge in [-0.2, -0.15) is 5.10 Å². The average Bonchev–Trinajstić information content (AvgIpc) is 2.51. The summed E-state index contributed by atoms with van der Waals surface area (Å²) in [5.74, 6) is -0.368. The SMILES string of the molecule is Cc1cc(C)c(C(O)c2c(C)nn(C)c2C)c(F)c1. The van der Waals surface area contributed by atoms with Crippen LogP contribution in [0.3, 0.4) is 0 Å². The van der Waals surface area contributed by atoms with Crippen LogP contribution >= 0.6 is 0 Å². The molecule has 4 heteroatoms. The fourth-order valence-corrected chi connectivity index (χ4v) is 2.60. The zero-order valence-electron chi connectivity index (χ0n) is 12.0. The van der Waals surface area contributed by atoms with E-state index in [9.17, 15) is 9.50 Å². The summed E-state index contributed by atoms with van der Waals surface area (Å²) in [4.78, 5) is 0. The van der Waals surface area contributed by atoms with Gasteiger partial charge in [0, 0.05) is 23.9 Å². The van der Waals surface area contributed by atoms with Crippen molar-refractivity contribution in [2.45, 2.75) is 33.8 Å². The summed E-state index contributed by atoms with van der Waals surface area (Å²) < 4.78 is 15.8. The summed E-state index contributed by atoms with van der Waals surface area (Å²) in [6.45, 7) is 7.36. The Morgan fingerprint density at radius 2 is 1.79 bits per heavy atom. The summed E-state index contributed by atoms with van der Waals surface area (Å²) in [6, 6.07) is 3.33. The summed E-state index contributed by atoms with van der Waals surface area (Å²) in [7, 11) is 1.82. The van der Waals surface area contributed by atoms with Crippen LogP contribution in [0.15, 0.2) is 12.1 Å². The van der Waals surface area contributed by atoms with Gasteiger partial charge in [0.25, 0.3) is 0 Å². The van der Waals surface area contributed by atoms with Gasteiger partial charge in [-0.15, -0.1) is 0 Å². The van der Waals surface area contributed by atoms with Crippen molar-refractivity contribution in [2.24, 2.45) is 7.05 Å². The van der Waals surface area contributed by atoms with E-state index in [-0.39, 0.29) is 5.82 Å². The molecule has 0 saturated heterocycles. The summed E-state index contributed by atoms with van der Waals surface area (Å²) in [5.41, 5.74) is 4.22. The molecule has 0 fully saturated rings. The monoisotopic (exact) mass is 262 g/mol. The number of hydrogen-bond acceptors (Lipinski definition) is 2. The lowest BCUT2D eigenvalue weighted by atomic mass is 9.94. The molecule has 0 aliphatic carbocycles. The van der Waals surface area contributed by atoms with E-state index >= 15 is 0 Å². The molecule has 3 nitrogen and oxygen atoms in total. The highest BCUT2D eigenvalue weighted by Gasteiger charge is 2.24. The lowest BCUT2D eigenvalue weighted by Gasteiger charge is -2.16. The molecule has 2 aromatic rings. The molecule has 1 aromatic heterocycles. The number of aryl methyl sites for hydroxylation is 4. The lowest BCUT2D eigenvalue weighted by Crippen LogP contribution is -2.08. The average molecular weight is 262 g/mol. The molecule has 1 unspecified atom stereocenters. The first-order valence-corrected chi connectivity index (χ1v) is 6.27. The maximum Gasteiger partial charge on any atom is 0.129 e. The van der Waals surface area contributed by atoms with Crippen molar-refractivity contribution in [3.05, 3.63) is 51.6 Å². The van der Waals surface area contributed by atoms with E-state index in [4.69, 9.17) is 0 Å². The van der Waals surface area contributed by atoms with Crippen LogP contribution < -0.4 is 0 Å². The topological polar surface area (TPSA) is 38.1 Å². The predicted octanol–water partition coefficient (Wildman–Crippen LogP) is 2.87. The van der Waals surface area contributed by atoms with Crippen molar-refractivity contribution < 1.29 is 9.50 Å². The van der Waals surface area contributed by atoms with Gasteiger partial charge in [-0.05, 0) is 44.9 Å². The second-order valence-electron chi connectivity index (χ2n) is 5.09. The molecule has 0 radical (unpaired) electrons. The van der Waals surface area contributed by atoms with Crippen LogP contribution in [0.5, 0.6) is 0 Å². The summed E-state index contributed by atoms with van der Waals surface area (Å²) in [5, 5.41) is 14.8. The maximum atomic E-state index is 14.1. The van der Waals surface area contributed by atoms with Gasteiger partial charge in [0.15, 0.2) is 0 Å². The van der Waals surface area contributed by atoms with E-state index < -0.39 is 6.10 Å². The molecule has 0 bridgehead atoms. The van der Waals surface area contributed by atoms with Gasteiger partial charge in [0.1, 0.15) is 11.9 Å². The standard InChI is InChI=1S/C15H19FN2O/c1-8-6-9(2)13(12(16)7-8)15(19)14-10(3)17-18(5)11(14)4/h6-7,15,19H,1-5H3. The van der Waals surface area contributed by atoms with Gasteiger partial charge in [0.05, 0.1) is 5.69 Å². The molecular formula is C15H19FN2O. The Bertz CT molecular complexity index is 608. The number of aliphatic hydroxyl groups excluding tert-OH is 1. The first-order chi connectivity index (χ1) is 8.82. The largest absolute Gasteiger partial charge is 0.383 e. The molecule has 19 heavy (non-hydrogen) atoms. The highest BCUT2D eigenvalue weighted by Crippen LogP contribution is 2.31. The molecule has 102 valence electrons. The van der Waals surface area contributed by atoms with Gasteiger partial charge in [-0.3, -0.25) is 4.68 Å². The van der Waals surface area contributed by atoms with Crippen molar-refractivity contribution in [3.8, 4) is 0 Å². The highest BCUT2D eigenvalue weighted by atomic mass is 19.1. The van der Waals surface area contributed by atoms with Gasteiger partial charge in [-0.1, -0.05) is 6.07 Å². The van der Waals surface area contributed by atoms with Crippen molar-refractivity contribution in [3.63, 3.8) is 0 Å². The number of nitrogens with zero attached hydrogens (tertiary/aromatic N) is 2. The Morgan fingerprint density at radius 1 is 1.16 bits per heavy atom. The molecule has 0 amide bonds. The Kier molecular flexibility index (Phi) is 3.45. The van der Waals surface area contributed by atoms with Crippen molar-refractivity contribution >= 4 is 0 Å². The van der Waals surface area contributed by atoms with Crippen LogP contribution in [-0.4, -0.2) is 14.9 Å². The Balaban J connectivity index is 2.59. The second kappa shape index (κ2) is 4.78. The number of halogens is 1. The Labute approximate surface area is 112 Å². The first-order valence-electron chi connectivity index (χ1n) is 6.27. The smallest absolute Gasteiger partial charge is 0.129 e. The fraction of sp³-hybridized carbons (Fsp3) is 0.400. The minimum atomic E-state index is -0.978. The van der Waals surface area contributed by atoms with Crippen LogP contribution in [0.4, 0.5) is 4.39 Å². The van der Waals surface area contributed by atoms with E-state index in [0.29, 0.717) is 11.1 Å². The molecule has 1 N–H and O–H groups in total. The Hall–Kier alpha value is -1.68. The molecule has 1 aromatic carbocycles. The molecule has 2 rings (SSSR count). The quantitative estimate of drug-likeness (QED) is 0.903. The van der Waals surface area contributed by atoms with Crippen LogP contribution in [-0.2, 0) is 7.05 Å². The van der Waals surface area contributed by atoms with E-state index in [1.54, 1.807) is 4.68 Å². The predicted molar refractivity (Wildman–Crippen MR) is 72.6 cm³/mol. The highest BCUT2D eigenvalue weighted by molar-refractivity contribution is 5.41. The minimum absolute atomic E-state index is 0.338. The van der Waals surface area contributed by atoms with E-state index in [1.165, 1.54) is 6.07 Å². The van der Waals surface area contributed by atoms with Gasteiger partial charge >= 0.3 is 0 Å². The molecule has 0 aliphatic heterocycles. The van der Waals surface area contributed by atoms with Crippen LogP contribution in [0.1, 0.15) is 39.7 Å². The third-order valence-corrected chi connectivity index (χ3v) is 3.59. The van der Waals surface area contributed by atoms with Gasteiger partial charge in [-0.25, -0.2) is 4.39 Å². The molecule has 0 spiro atoms. The van der Waals surface area contributed by atoms with Gasteiger partial charge in [0.2, 0.25) is 0 Å². The lowest BCUT2D eigenvalue weighted by molar-refractivity contribution is 0.212. The third-order valence-electron chi connectivity index (χ3n) is 3.59. The minimum Gasteiger partial charge on any atom is -0.383 e. The third kappa shape index (κ3) is 2.28. The van der Waals surface area contributed by atoms with Crippen molar-refractivity contribution in [2.75, 3.05) is 0 Å². The zero-order chi connectivity index (χ0) is 14.3. The first kappa shape index (κ1) is 13.7. The normalized spacial score (nSPS) is 12.8. The van der Waals surface area contributed by atoms with Crippen molar-refractivity contribution in [1.29, 1.82) is 0 Å². The molecule has 1 heterocycles. The van der Waals surface area contributed by atoms with Crippen LogP contribution in [0.25, 0.3) is 0 Å². The van der Waals surface area contributed by atoms with Gasteiger partial charge < -0.3 is 5.11 Å². The molecule has 0 saturated carbocycles. The molecule has 0 aliphatic rings. The maximum absolute atomic E-state index is 14.1. The van der Waals surface area contributed by atoms with Crippen molar-refractivity contribution in [1.82, 2.24) is 9.78 Å². The number of aromatic nitrogens is 2. The summed E-state index contributed by atoms with van der Waals surface area (Å²) in [6.07, 6.45) is -0.978. The van der Waals surface area contributed by atoms with E-state index in [0.717, 1.165) is 22.5 Å². The number of aliphatic hydroxyl groups is 1. The Morgan fingerprint density at radius 3 is 2.26 bits per heavy atom. The second-order valence-corrected chi connectivity index (χ2v) is 5.09. The van der Waals surface area contributed by atoms with E-state index in [2.05, 4.69) is 5.10 Å². The van der Waals surface area contributed by atoms with Crippen LogP contribution in [0, 0.1) is 33.5 Å². The fourth-order valence-electron chi connectivity index (χ4n) is 2.60. The zero-order valence-corrected chi connectivity index (χ0v) is 12.0. The number of hydrogen-bond donors (Lipinski definition) is 1. The number of benzene rings is 1. The molecule has 1 atom stereocenters. The van der Waals surface area contributed by atoms with Crippen LogP contribution in [0.2, 0.25) is 0 Å². The molecular weight excluding hydrogens is 243 g/mol. The number of rotatable bonds is 2.